The lowest BCUT2D eigenvalue weighted by molar-refractivity contribution is 0.115. The second-order valence-corrected chi connectivity index (χ2v) is 5.99. The molecule has 15 heavy (non-hydrogen) atoms. The van der Waals surface area contributed by atoms with Gasteiger partial charge in [-0.1, -0.05) is 18.3 Å². The Kier molecular flexibility index (Phi) is 3.28. The van der Waals surface area contributed by atoms with Crippen molar-refractivity contribution >= 4 is 23.1 Å². The van der Waals surface area contributed by atoms with Crippen molar-refractivity contribution in [3.63, 3.8) is 0 Å². The van der Waals surface area contributed by atoms with Gasteiger partial charge in [-0.3, -0.25) is 4.90 Å². The van der Waals surface area contributed by atoms with Crippen LogP contribution < -0.4 is 0 Å². The average Bonchev–Trinajstić information content (AvgIpc) is 2.63. The highest BCUT2D eigenvalue weighted by atomic mass is 35.5. The van der Waals surface area contributed by atoms with Gasteiger partial charge < -0.3 is 0 Å². The zero-order chi connectivity index (χ0) is 10.9. The van der Waals surface area contributed by atoms with Crippen LogP contribution in [-0.4, -0.2) is 33.0 Å². The molecular weight excluding hydrogens is 230 g/mol. The summed E-state index contributed by atoms with van der Waals surface area (Å²) in [6.07, 6.45) is 1.06. The molecule has 5 heteroatoms. The van der Waals surface area contributed by atoms with Crippen LogP contribution in [0.25, 0.3) is 0 Å². The third kappa shape index (κ3) is 2.68. The summed E-state index contributed by atoms with van der Waals surface area (Å²) in [5.41, 5.74) is 1.27. The van der Waals surface area contributed by atoms with E-state index in [0.717, 1.165) is 31.7 Å². The molecule has 1 atom stereocenters. The van der Waals surface area contributed by atoms with Crippen LogP contribution in [0.3, 0.4) is 0 Å². The Labute approximate surface area is 99.6 Å². The summed E-state index contributed by atoms with van der Waals surface area (Å²) in [6, 6.07) is 0. The molecule has 1 aliphatic heterocycles. The number of rotatable bonds is 2. The molecule has 3 nitrogen and oxygen atoms in total. The first kappa shape index (κ1) is 11.3. The Morgan fingerprint density at radius 3 is 3.07 bits per heavy atom. The summed E-state index contributed by atoms with van der Waals surface area (Å²) < 4.78 is 3.88. The summed E-state index contributed by atoms with van der Waals surface area (Å²) in [5.74, 6) is 0. The second kappa shape index (κ2) is 4.36. The van der Waals surface area contributed by atoms with E-state index in [1.807, 2.05) is 5.38 Å². The van der Waals surface area contributed by atoms with Gasteiger partial charge in [-0.15, -0.1) is 16.7 Å². The summed E-state index contributed by atoms with van der Waals surface area (Å²) in [7, 11) is 0. The summed E-state index contributed by atoms with van der Waals surface area (Å²) in [5, 5.41) is 6.38. The van der Waals surface area contributed by atoms with Crippen molar-refractivity contribution in [2.45, 2.75) is 32.2 Å². The highest BCUT2D eigenvalue weighted by Crippen LogP contribution is 2.33. The summed E-state index contributed by atoms with van der Waals surface area (Å²) in [6.45, 7) is 7.48. The van der Waals surface area contributed by atoms with Crippen molar-refractivity contribution < 1.29 is 0 Å². The maximum Gasteiger partial charge on any atom is 0.0895 e. The first-order chi connectivity index (χ1) is 7.08. The van der Waals surface area contributed by atoms with Crippen molar-refractivity contribution in [2.24, 2.45) is 5.41 Å². The molecule has 1 aromatic heterocycles. The molecule has 0 radical (unpaired) electrons. The lowest BCUT2D eigenvalue weighted by Gasteiger charge is -2.41. The number of hydrogen-bond acceptors (Lipinski definition) is 4. The van der Waals surface area contributed by atoms with Crippen LogP contribution in [0, 0.1) is 5.41 Å². The van der Waals surface area contributed by atoms with Gasteiger partial charge in [0.05, 0.1) is 5.69 Å². The zero-order valence-corrected chi connectivity index (χ0v) is 10.7. The minimum atomic E-state index is 0.198. The first-order valence-corrected chi connectivity index (χ1v) is 6.47. The van der Waals surface area contributed by atoms with Crippen molar-refractivity contribution in [1.82, 2.24) is 14.5 Å². The predicted molar refractivity (Wildman–Crippen MR) is 63.2 cm³/mol. The molecule has 0 bridgehead atoms. The number of nitrogens with zero attached hydrogens (tertiary/aromatic N) is 3. The van der Waals surface area contributed by atoms with Gasteiger partial charge in [0.15, 0.2) is 0 Å². The molecule has 0 aliphatic carbocycles. The molecule has 1 aliphatic rings. The van der Waals surface area contributed by atoms with Crippen LogP contribution in [0.5, 0.6) is 0 Å². The molecule has 1 saturated heterocycles. The maximum absolute atomic E-state index is 6.30. The summed E-state index contributed by atoms with van der Waals surface area (Å²) in [4.78, 5) is 2.41. The van der Waals surface area contributed by atoms with Crippen LogP contribution in [-0.2, 0) is 6.54 Å². The van der Waals surface area contributed by atoms with Gasteiger partial charge in [-0.25, -0.2) is 0 Å². The minimum Gasteiger partial charge on any atom is -0.297 e. The number of halogens is 1. The molecule has 0 spiro atoms. The molecule has 0 aromatic carbocycles. The van der Waals surface area contributed by atoms with Crippen LogP contribution >= 0.6 is 23.1 Å². The van der Waals surface area contributed by atoms with Crippen molar-refractivity contribution in [1.29, 1.82) is 0 Å². The molecule has 0 N–H and O–H groups in total. The molecule has 84 valence electrons. The molecule has 2 rings (SSSR count). The quantitative estimate of drug-likeness (QED) is 0.750. The Bertz CT molecular complexity index is 312. The number of aromatic nitrogens is 2. The number of alkyl halides is 1. The fourth-order valence-electron chi connectivity index (χ4n) is 2.06. The molecule has 0 saturated carbocycles. The lowest BCUT2D eigenvalue weighted by atomic mass is 9.83. The lowest BCUT2D eigenvalue weighted by Crippen LogP contribution is -2.46. The number of likely N-dealkylation sites (tertiary alicyclic amines) is 1. The third-order valence-electron chi connectivity index (χ3n) is 2.97. The molecule has 2 heterocycles. The van der Waals surface area contributed by atoms with Gasteiger partial charge in [0, 0.05) is 23.8 Å². The monoisotopic (exact) mass is 245 g/mol. The SMILES string of the molecule is CC1(C)CN(Cc2csnn2)CCC1Cl. The molecule has 1 fully saturated rings. The van der Waals surface area contributed by atoms with E-state index in [-0.39, 0.29) is 5.41 Å². The van der Waals surface area contributed by atoms with E-state index in [4.69, 9.17) is 11.6 Å². The van der Waals surface area contributed by atoms with Crippen molar-refractivity contribution in [3.8, 4) is 0 Å². The van der Waals surface area contributed by atoms with Gasteiger partial charge in [-0.05, 0) is 29.9 Å². The predicted octanol–water partition coefficient (Wildman–Crippen LogP) is 2.38. The average molecular weight is 246 g/mol. The molecule has 1 aromatic rings. The van der Waals surface area contributed by atoms with E-state index >= 15 is 0 Å². The van der Waals surface area contributed by atoms with E-state index in [2.05, 4.69) is 28.3 Å². The Morgan fingerprint density at radius 1 is 1.67 bits per heavy atom. The van der Waals surface area contributed by atoms with Gasteiger partial charge >= 0.3 is 0 Å². The van der Waals surface area contributed by atoms with E-state index in [0.29, 0.717) is 5.38 Å². The van der Waals surface area contributed by atoms with E-state index in [9.17, 15) is 0 Å². The van der Waals surface area contributed by atoms with Crippen LogP contribution in [0.15, 0.2) is 5.38 Å². The Hall–Kier alpha value is -0.190. The van der Waals surface area contributed by atoms with E-state index in [1.54, 1.807) is 0 Å². The van der Waals surface area contributed by atoms with Crippen LogP contribution in [0.1, 0.15) is 26.0 Å². The first-order valence-electron chi connectivity index (χ1n) is 5.20. The Morgan fingerprint density at radius 2 is 2.47 bits per heavy atom. The molecule has 0 amide bonds. The normalized spacial score (nSPS) is 26.7. The summed E-state index contributed by atoms with van der Waals surface area (Å²) >= 11 is 7.72. The number of hydrogen-bond donors (Lipinski definition) is 0. The van der Waals surface area contributed by atoms with Crippen molar-refractivity contribution in [3.05, 3.63) is 11.1 Å². The minimum absolute atomic E-state index is 0.198. The number of piperidine rings is 1. The second-order valence-electron chi connectivity index (χ2n) is 4.85. The van der Waals surface area contributed by atoms with Crippen LogP contribution in [0.2, 0.25) is 0 Å². The van der Waals surface area contributed by atoms with E-state index < -0.39 is 0 Å². The topological polar surface area (TPSA) is 29.0 Å². The highest BCUT2D eigenvalue weighted by molar-refractivity contribution is 7.03. The largest absolute Gasteiger partial charge is 0.297 e. The maximum atomic E-state index is 6.30. The fraction of sp³-hybridized carbons (Fsp3) is 0.800. The van der Waals surface area contributed by atoms with E-state index in [1.165, 1.54) is 11.5 Å². The van der Waals surface area contributed by atoms with Crippen LogP contribution in [0.4, 0.5) is 0 Å². The van der Waals surface area contributed by atoms with Gasteiger partial charge in [0.25, 0.3) is 0 Å². The highest BCUT2D eigenvalue weighted by Gasteiger charge is 2.34. The smallest absolute Gasteiger partial charge is 0.0895 e. The van der Waals surface area contributed by atoms with Crippen molar-refractivity contribution in [2.75, 3.05) is 13.1 Å². The fourth-order valence-corrected chi connectivity index (χ4v) is 2.67. The van der Waals surface area contributed by atoms with Gasteiger partial charge in [0.2, 0.25) is 0 Å². The standard InChI is InChI=1S/C10H16ClN3S/c1-10(2)7-14(4-3-9(10)11)5-8-6-15-13-12-8/h6,9H,3-5,7H2,1-2H3. The zero-order valence-electron chi connectivity index (χ0n) is 9.11. The molecular formula is C10H16ClN3S. The molecule has 1 unspecified atom stereocenters. The van der Waals surface area contributed by atoms with Gasteiger partial charge in [-0.2, -0.15) is 0 Å². The van der Waals surface area contributed by atoms with Gasteiger partial charge in [0.1, 0.15) is 0 Å². The Balaban J connectivity index is 1.95. The third-order valence-corrected chi connectivity index (χ3v) is 4.33.